The molecule has 0 aliphatic carbocycles. The van der Waals surface area contributed by atoms with Crippen LogP contribution in [0.25, 0.3) is 10.9 Å². The lowest BCUT2D eigenvalue weighted by Crippen LogP contribution is -2.30. The Morgan fingerprint density at radius 1 is 1.22 bits per heavy atom. The van der Waals surface area contributed by atoms with Gasteiger partial charge in [0.15, 0.2) is 0 Å². The predicted octanol–water partition coefficient (Wildman–Crippen LogP) is 4.56. The minimum atomic E-state index is 0.185. The third-order valence-electron chi connectivity index (χ3n) is 4.42. The van der Waals surface area contributed by atoms with Crippen LogP contribution in [0.1, 0.15) is 29.8 Å². The first-order valence-corrected chi connectivity index (χ1v) is 8.81. The molecular formula is C19H19BrN2O. The maximum atomic E-state index is 5.66. The second-order valence-corrected chi connectivity index (χ2v) is 6.77. The number of H-pyrrole nitrogens is 1. The standard InChI is InChI=1S/C19H19BrN2O/c1-2-23-14-5-3-4-12(10-14)18-19-15(8-9-21-18)16-11-13(20)6-7-17(16)22-19/h3-7,10-11,18,21-22H,2,8-9H2,1H3. The van der Waals surface area contributed by atoms with Crippen LogP contribution in [0.2, 0.25) is 0 Å². The van der Waals surface area contributed by atoms with Gasteiger partial charge in [0.1, 0.15) is 5.75 Å². The molecule has 1 aliphatic heterocycles. The van der Waals surface area contributed by atoms with Gasteiger partial charge in [-0.3, -0.25) is 0 Å². The predicted molar refractivity (Wildman–Crippen MR) is 97.2 cm³/mol. The quantitative estimate of drug-likeness (QED) is 0.708. The van der Waals surface area contributed by atoms with E-state index in [-0.39, 0.29) is 6.04 Å². The molecule has 0 saturated carbocycles. The van der Waals surface area contributed by atoms with Crippen molar-refractivity contribution >= 4 is 26.8 Å². The lowest BCUT2D eigenvalue weighted by atomic mass is 9.94. The molecule has 1 unspecified atom stereocenters. The van der Waals surface area contributed by atoms with E-state index < -0.39 is 0 Å². The molecule has 1 aromatic heterocycles. The van der Waals surface area contributed by atoms with Crippen LogP contribution < -0.4 is 10.1 Å². The number of hydrogen-bond acceptors (Lipinski definition) is 2. The molecule has 0 spiro atoms. The van der Waals surface area contributed by atoms with Crippen LogP contribution in [-0.2, 0) is 6.42 Å². The summed E-state index contributed by atoms with van der Waals surface area (Å²) in [4.78, 5) is 3.62. The SMILES string of the molecule is CCOc1cccc(C2NCCc3c2[nH]c2ccc(Br)cc32)c1. The summed E-state index contributed by atoms with van der Waals surface area (Å²) in [6.45, 7) is 3.68. The van der Waals surface area contributed by atoms with Crippen molar-refractivity contribution in [3.63, 3.8) is 0 Å². The topological polar surface area (TPSA) is 37.0 Å². The number of aromatic amines is 1. The zero-order valence-electron chi connectivity index (χ0n) is 13.0. The van der Waals surface area contributed by atoms with Gasteiger partial charge in [0.05, 0.1) is 12.6 Å². The van der Waals surface area contributed by atoms with Gasteiger partial charge in [0.25, 0.3) is 0 Å². The fourth-order valence-electron chi connectivity index (χ4n) is 3.44. The van der Waals surface area contributed by atoms with Gasteiger partial charge in [-0.2, -0.15) is 0 Å². The number of rotatable bonds is 3. The van der Waals surface area contributed by atoms with Crippen LogP contribution in [0.5, 0.6) is 5.75 Å². The third-order valence-corrected chi connectivity index (χ3v) is 4.91. The first-order chi connectivity index (χ1) is 11.3. The average Bonchev–Trinajstić information content (AvgIpc) is 2.93. The number of nitrogens with one attached hydrogen (secondary N) is 2. The molecule has 3 aromatic rings. The molecule has 2 heterocycles. The highest BCUT2D eigenvalue weighted by molar-refractivity contribution is 9.10. The summed E-state index contributed by atoms with van der Waals surface area (Å²) in [6.07, 6.45) is 1.05. The molecule has 3 nitrogen and oxygen atoms in total. The van der Waals surface area contributed by atoms with Gasteiger partial charge in [-0.05, 0) is 54.8 Å². The Hall–Kier alpha value is -1.78. The monoisotopic (exact) mass is 370 g/mol. The highest BCUT2D eigenvalue weighted by Gasteiger charge is 2.25. The van der Waals surface area contributed by atoms with Crippen LogP contribution in [0.4, 0.5) is 0 Å². The van der Waals surface area contributed by atoms with E-state index in [1.807, 2.05) is 13.0 Å². The second kappa shape index (κ2) is 6.02. The Kier molecular flexibility index (Phi) is 3.87. The molecule has 4 heteroatoms. The van der Waals surface area contributed by atoms with Gasteiger partial charge in [-0.15, -0.1) is 0 Å². The number of benzene rings is 2. The van der Waals surface area contributed by atoms with Gasteiger partial charge in [-0.25, -0.2) is 0 Å². The number of halogens is 1. The molecule has 1 aliphatic rings. The summed E-state index contributed by atoms with van der Waals surface area (Å²) >= 11 is 3.59. The molecule has 1 atom stereocenters. The number of fused-ring (bicyclic) bond motifs is 3. The highest BCUT2D eigenvalue weighted by atomic mass is 79.9. The fraction of sp³-hybridized carbons (Fsp3) is 0.263. The van der Waals surface area contributed by atoms with E-state index in [2.05, 4.69) is 62.6 Å². The summed E-state index contributed by atoms with van der Waals surface area (Å²) < 4.78 is 6.78. The molecule has 0 bridgehead atoms. The lowest BCUT2D eigenvalue weighted by molar-refractivity contribution is 0.339. The molecule has 4 rings (SSSR count). The number of ether oxygens (including phenoxy) is 1. The number of hydrogen-bond donors (Lipinski definition) is 2. The van der Waals surface area contributed by atoms with Gasteiger partial charge in [0.2, 0.25) is 0 Å². The molecule has 23 heavy (non-hydrogen) atoms. The molecule has 118 valence electrons. The smallest absolute Gasteiger partial charge is 0.119 e. The van der Waals surface area contributed by atoms with Crippen molar-refractivity contribution in [2.24, 2.45) is 0 Å². The molecule has 0 amide bonds. The van der Waals surface area contributed by atoms with E-state index in [4.69, 9.17) is 4.74 Å². The maximum absolute atomic E-state index is 5.66. The Labute approximate surface area is 144 Å². The zero-order valence-corrected chi connectivity index (χ0v) is 14.6. The normalized spacial score (nSPS) is 17.2. The van der Waals surface area contributed by atoms with Crippen LogP contribution >= 0.6 is 15.9 Å². The summed E-state index contributed by atoms with van der Waals surface area (Å²) in [7, 11) is 0. The van der Waals surface area contributed by atoms with Crippen LogP contribution in [-0.4, -0.2) is 18.1 Å². The summed E-state index contributed by atoms with van der Waals surface area (Å²) in [6, 6.07) is 15.0. The average molecular weight is 371 g/mol. The van der Waals surface area contributed by atoms with E-state index in [0.29, 0.717) is 6.61 Å². The van der Waals surface area contributed by atoms with E-state index in [0.717, 1.165) is 23.2 Å². The van der Waals surface area contributed by atoms with E-state index in [1.165, 1.54) is 27.7 Å². The van der Waals surface area contributed by atoms with Gasteiger partial charge < -0.3 is 15.0 Å². The Morgan fingerprint density at radius 2 is 2.13 bits per heavy atom. The minimum Gasteiger partial charge on any atom is -0.494 e. The Balaban J connectivity index is 1.81. The second-order valence-electron chi connectivity index (χ2n) is 5.85. The van der Waals surface area contributed by atoms with Crippen molar-refractivity contribution in [1.29, 1.82) is 0 Å². The molecule has 0 radical (unpaired) electrons. The van der Waals surface area contributed by atoms with Crippen LogP contribution in [0, 0.1) is 0 Å². The van der Waals surface area contributed by atoms with Gasteiger partial charge >= 0.3 is 0 Å². The van der Waals surface area contributed by atoms with Crippen molar-refractivity contribution in [1.82, 2.24) is 10.3 Å². The maximum Gasteiger partial charge on any atom is 0.119 e. The van der Waals surface area contributed by atoms with E-state index in [9.17, 15) is 0 Å². The van der Waals surface area contributed by atoms with E-state index >= 15 is 0 Å². The Morgan fingerprint density at radius 3 is 3.00 bits per heavy atom. The van der Waals surface area contributed by atoms with Gasteiger partial charge in [0, 0.05) is 27.6 Å². The molecule has 0 fully saturated rings. The van der Waals surface area contributed by atoms with Gasteiger partial charge in [-0.1, -0.05) is 28.1 Å². The first kappa shape index (κ1) is 14.8. The summed E-state index contributed by atoms with van der Waals surface area (Å²) in [5, 5.41) is 4.96. The van der Waals surface area contributed by atoms with Crippen LogP contribution in [0.3, 0.4) is 0 Å². The fourth-order valence-corrected chi connectivity index (χ4v) is 3.80. The van der Waals surface area contributed by atoms with Crippen molar-refractivity contribution < 1.29 is 4.74 Å². The summed E-state index contributed by atoms with van der Waals surface area (Å²) in [5.41, 5.74) is 5.14. The summed E-state index contributed by atoms with van der Waals surface area (Å²) in [5.74, 6) is 0.928. The van der Waals surface area contributed by atoms with Crippen molar-refractivity contribution in [3.05, 3.63) is 63.8 Å². The largest absolute Gasteiger partial charge is 0.494 e. The highest BCUT2D eigenvalue weighted by Crippen LogP contribution is 2.35. The van der Waals surface area contributed by atoms with Crippen molar-refractivity contribution in [2.45, 2.75) is 19.4 Å². The minimum absolute atomic E-state index is 0.185. The van der Waals surface area contributed by atoms with Crippen LogP contribution in [0.15, 0.2) is 46.9 Å². The molecule has 0 saturated heterocycles. The molecule has 2 N–H and O–H groups in total. The molecule has 2 aromatic carbocycles. The zero-order chi connectivity index (χ0) is 15.8. The van der Waals surface area contributed by atoms with E-state index in [1.54, 1.807) is 0 Å². The number of aromatic nitrogens is 1. The third kappa shape index (κ3) is 2.66. The lowest BCUT2D eigenvalue weighted by Gasteiger charge is -2.25. The van der Waals surface area contributed by atoms with Crippen molar-refractivity contribution in [2.75, 3.05) is 13.2 Å². The van der Waals surface area contributed by atoms with Crippen molar-refractivity contribution in [3.8, 4) is 5.75 Å². The Bertz CT molecular complexity index is 856. The first-order valence-electron chi connectivity index (χ1n) is 8.02. The molecular weight excluding hydrogens is 352 g/mol.